The number of carbonyl (C=O) groups is 3. The molecule has 26 heavy (non-hydrogen) atoms. The molecule has 0 saturated carbocycles. The van der Waals surface area contributed by atoms with Crippen LogP contribution in [0.5, 0.6) is 0 Å². The number of benzene rings is 1. The third kappa shape index (κ3) is 3.33. The first-order valence-electron chi connectivity index (χ1n) is 7.69. The van der Waals surface area contributed by atoms with E-state index in [1.54, 1.807) is 19.1 Å². The molecule has 134 valence electrons. The molecule has 3 rings (SSSR count). The largest absolute Gasteiger partial charge is 0.420 e. The predicted octanol–water partition coefficient (Wildman–Crippen LogP) is 2.40. The summed E-state index contributed by atoms with van der Waals surface area (Å²) < 4.78 is 6.28. The van der Waals surface area contributed by atoms with E-state index >= 15 is 0 Å². The zero-order valence-electron chi connectivity index (χ0n) is 14.3. The highest BCUT2D eigenvalue weighted by atomic mass is 32.1. The van der Waals surface area contributed by atoms with Gasteiger partial charge in [0.05, 0.1) is 16.1 Å². The zero-order chi connectivity index (χ0) is 19.0. The fraction of sp³-hybridized carbons (Fsp3) is 0.235. The number of hydrogen-bond donors (Lipinski definition) is 1. The lowest BCUT2D eigenvalue weighted by atomic mass is 10.1. The number of fused-ring (bicyclic) bond motifs is 1. The summed E-state index contributed by atoms with van der Waals surface area (Å²) >= 11 is 1.08. The van der Waals surface area contributed by atoms with Crippen LogP contribution in [0.15, 0.2) is 27.4 Å². The number of amides is 1. The molecule has 1 amide bonds. The number of ketones is 2. The van der Waals surface area contributed by atoms with Gasteiger partial charge < -0.3 is 9.73 Å². The van der Waals surface area contributed by atoms with Gasteiger partial charge in [0.15, 0.2) is 22.3 Å². The number of carbonyl (C=O) groups excluding carboxylic acids is 3. The molecule has 0 unspecified atom stereocenters. The molecule has 0 bridgehead atoms. The van der Waals surface area contributed by atoms with Gasteiger partial charge in [-0.1, -0.05) is 11.3 Å². The maximum Gasteiger partial charge on any atom is 0.420 e. The maximum absolute atomic E-state index is 12.3. The summed E-state index contributed by atoms with van der Waals surface area (Å²) in [6.45, 7) is 4.25. The molecular formula is C17H15N3O5S. The second kappa shape index (κ2) is 6.68. The number of nitrogens with zero attached hydrogens (tertiary/aromatic N) is 2. The predicted molar refractivity (Wildman–Crippen MR) is 96.0 cm³/mol. The zero-order valence-corrected chi connectivity index (χ0v) is 15.1. The highest BCUT2D eigenvalue weighted by molar-refractivity contribution is 7.17. The van der Waals surface area contributed by atoms with Crippen molar-refractivity contribution in [3.8, 4) is 0 Å². The van der Waals surface area contributed by atoms with Crippen LogP contribution in [0, 0.1) is 6.92 Å². The molecule has 0 spiro atoms. The van der Waals surface area contributed by atoms with Crippen molar-refractivity contribution in [2.24, 2.45) is 0 Å². The molecule has 3 aromatic rings. The van der Waals surface area contributed by atoms with Gasteiger partial charge >= 0.3 is 5.76 Å². The van der Waals surface area contributed by atoms with E-state index in [4.69, 9.17) is 4.42 Å². The number of thiazole rings is 1. The minimum atomic E-state index is -0.699. The summed E-state index contributed by atoms with van der Waals surface area (Å²) in [5.41, 5.74) is 1.60. The topological polar surface area (TPSA) is 111 Å². The van der Waals surface area contributed by atoms with Gasteiger partial charge in [-0.25, -0.2) is 9.78 Å². The highest BCUT2D eigenvalue weighted by Crippen LogP contribution is 2.23. The van der Waals surface area contributed by atoms with Gasteiger partial charge in [-0.05, 0) is 32.0 Å². The second-order valence-electron chi connectivity index (χ2n) is 5.73. The Balaban J connectivity index is 1.84. The van der Waals surface area contributed by atoms with E-state index in [1.807, 2.05) is 0 Å². The van der Waals surface area contributed by atoms with Crippen molar-refractivity contribution in [3.63, 3.8) is 0 Å². The van der Waals surface area contributed by atoms with E-state index in [-0.39, 0.29) is 28.8 Å². The summed E-state index contributed by atoms with van der Waals surface area (Å²) in [6, 6.07) is 4.60. The number of aryl methyl sites for hydroxylation is 1. The van der Waals surface area contributed by atoms with Gasteiger partial charge in [-0.3, -0.25) is 19.0 Å². The van der Waals surface area contributed by atoms with Crippen LogP contribution in [0.2, 0.25) is 0 Å². The van der Waals surface area contributed by atoms with Gasteiger partial charge in [0, 0.05) is 12.5 Å². The summed E-state index contributed by atoms with van der Waals surface area (Å²) in [5.74, 6) is -1.45. The van der Waals surface area contributed by atoms with E-state index < -0.39 is 11.7 Å². The van der Waals surface area contributed by atoms with Gasteiger partial charge in [0.25, 0.3) is 0 Å². The molecule has 0 aliphatic heterocycles. The quantitative estimate of drug-likeness (QED) is 0.688. The van der Waals surface area contributed by atoms with Crippen molar-refractivity contribution >= 4 is 45.0 Å². The van der Waals surface area contributed by atoms with Crippen LogP contribution in [0.3, 0.4) is 0 Å². The Bertz CT molecular complexity index is 1110. The molecule has 9 heteroatoms. The van der Waals surface area contributed by atoms with Crippen molar-refractivity contribution < 1.29 is 18.8 Å². The van der Waals surface area contributed by atoms with E-state index in [9.17, 15) is 19.2 Å². The van der Waals surface area contributed by atoms with Crippen LogP contribution in [0.1, 0.15) is 39.6 Å². The maximum atomic E-state index is 12.3. The van der Waals surface area contributed by atoms with Crippen molar-refractivity contribution in [3.05, 3.63) is 44.9 Å². The summed E-state index contributed by atoms with van der Waals surface area (Å²) in [7, 11) is 0. The van der Waals surface area contributed by atoms with Crippen LogP contribution in [-0.2, 0) is 11.3 Å². The Morgan fingerprint density at radius 1 is 1.23 bits per heavy atom. The first kappa shape index (κ1) is 17.7. The summed E-state index contributed by atoms with van der Waals surface area (Å²) in [5, 5.41) is 2.87. The van der Waals surface area contributed by atoms with Crippen molar-refractivity contribution in [2.75, 3.05) is 5.32 Å². The van der Waals surface area contributed by atoms with Crippen molar-refractivity contribution in [2.45, 2.75) is 27.3 Å². The summed E-state index contributed by atoms with van der Waals surface area (Å²) in [6.07, 6.45) is 0. The lowest BCUT2D eigenvalue weighted by molar-refractivity contribution is -0.116. The number of hydrogen-bond acceptors (Lipinski definition) is 7. The molecule has 0 radical (unpaired) electrons. The fourth-order valence-corrected chi connectivity index (χ4v) is 3.39. The number of aromatic nitrogens is 2. The second-order valence-corrected chi connectivity index (χ2v) is 6.73. The first-order chi connectivity index (χ1) is 12.3. The molecule has 0 aliphatic rings. The Morgan fingerprint density at radius 3 is 2.58 bits per heavy atom. The van der Waals surface area contributed by atoms with Gasteiger partial charge in [-0.2, -0.15) is 0 Å². The molecule has 0 aliphatic carbocycles. The van der Waals surface area contributed by atoms with Crippen molar-refractivity contribution in [1.29, 1.82) is 0 Å². The Labute approximate surface area is 151 Å². The highest BCUT2D eigenvalue weighted by Gasteiger charge is 2.17. The minimum absolute atomic E-state index is 0.126. The minimum Gasteiger partial charge on any atom is -0.408 e. The third-order valence-corrected chi connectivity index (χ3v) is 4.91. The first-order valence-corrected chi connectivity index (χ1v) is 8.50. The standard InChI is InChI=1S/C17H15N3O5S/c1-8-15(10(3)22)26-16(18-8)19-14(23)7-20-12-5-4-11(9(2)21)6-13(12)25-17(20)24/h4-6H,7H2,1-3H3,(H,18,19,23). The Hall–Kier alpha value is -3.07. The third-order valence-electron chi connectivity index (χ3n) is 3.74. The molecule has 0 fully saturated rings. The lowest BCUT2D eigenvalue weighted by Gasteiger charge is -2.03. The molecule has 2 aromatic heterocycles. The average Bonchev–Trinajstić information content (AvgIpc) is 3.07. The van der Waals surface area contributed by atoms with E-state index in [0.717, 1.165) is 11.3 Å². The molecule has 2 heterocycles. The lowest BCUT2D eigenvalue weighted by Crippen LogP contribution is -2.24. The van der Waals surface area contributed by atoms with Crippen LogP contribution in [0.25, 0.3) is 11.1 Å². The van der Waals surface area contributed by atoms with Crippen LogP contribution < -0.4 is 11.1 Å². The van der Waals surface area contributed by atoms with E-state index in [2.05, 4.69) is 10.3 Å². The molecule has 1 N–H and O–H groups in total. The number of oxazole rings is 1. The molecule has 8 nitrogen and oxygen atoms in total. The molecule has 0 saturated heterocycles. The number of anilines is 1. The monoisotopic (exact) mass is 373 g/mol. The fourth-order valence-electron chi connectivity index (χ4n) is 2.51. The van der Waals surface area contributed by atoms with Crippen LogP contribution in [-0.4, -0.2) is 27.0 Å². The SMILES string of the molecule is CC(=O)c1ccc2c(c1)oc(=O)n2CC(=O)Nc1nc(C)c(C(C)=O)s1. The Morgan fingerprint density at radius 2 is 1.96 bits per heavy atom. The number of rotatable bonds is 5. The van der Waals surface area contributed by atoms with E-state index in [0.29, 0.717) is 21.7 Å². The number of nitrogens with one attached hydrogen (secondary N) is 1. The van der Waals surface area contributed by atoms with Gasteiger partial charge in [0.1, 0.15) is 6.54 Å². The smallest absolute Gasteiger partial charge is 0.408 e. The van der Waals surface area contributed by atoms with Crippen LogP contribution in [0.4, 0.5) is 5.13 Å². The number of Topliss-reactive ketones (excluding diaryl/α,β-unsaturated/α-hetero) is 2. The van der Waals surface area contributed by atoms with E-state index in [1.165, 1.54) is 24.5 Å². The average molecular weight is 373 g/mol. The Kier molecular flexibility index (Phi) is 4.56. The van der Waals surface area contributed by atoms with Gasteiger partial charge in [0.2, 0.25) is 5.91 Å². The van der Waals surface area contributed by atoms with Crippen LogP contribution >= 0.6 is 11.3 Å². The molecular weight excluding hydrogens is 358 g/mol. The van der Waals surface area contributed by atoms with Gasteiger partial charge in [-0.15, -0.1) is 0 Å². The molecule has 1 aromatic carbocycles. The molecule has 0 atom stereocenters. The van der Waals surface area contributed by atoms with Crippen molar-refractivity contribution in [1.82, 2.24) is 9.55 Å². The normalized spacial score (nSPS) is 10.9. The summed E-state index contributed by atoms with van der Waals surface area (Å²) in [4.78, 5) is 51.8.